The topological polar surface area (TPSA) is 66.8 Å². The van der Waals surface area contributed by atoms with Crippen LogP contribution in [0.5, 0.6) is 0 Å². The maximum atomic E-state index is 12.7. The van der Waals surface area contributed by atoms with Crippen molar-refractivity contribution in [3.05, 3.63) is 48.4 Å². The van der Waals surface area contributed by atoms with Crippen LogP contribution in [0.4, 0.5) is 0 Å². The van der Waals surface area contributed by atoms with Gasteiger partial charge in [-0.1, -0.05) is 23.4 Å². The predicted molar refractivity (Wildman–Crippen MR) is 77.9 cm³/mol. The highest BCUT2D eigenvalue weighted by Crippen LogP contribution is 2.25. The number of amides is 1. The van der Waals surface area contributed by atoms with E-state index >= 15 is 0 Å². The molecular weight excluding hydrogens is 266 g/mol. The summed E-state index contributed by atoms with van der Waals surface area (Å²) in [5, 5.41) is 8.84. The minimum absolute atomic E-state index is 0.0788. The van der Waals surface area contributed by atoms with Crippen molar-refractivity contribution in [2.45, 2.75) is 12.5 Å². The van der Waals surface area contributed by atoms with Crippen LogP contribution in [0.3, 0.4) is 0 Å². The molecule has 6 nitrogen and oxygen atoms in total. The first-order chi connectivity index (χ1) is 10.3. The number of likely N-dealkylation sites (tertiary alicyclic amines) is 1. The number of rotatable bonds is 2. The molecule has 1 fully saturated rings. The van der Waals surface area contributed by atoms with Crippen LogP contribution in [-0.2, 0) is 0 Å². The molecule has 21 heavy (non-hydrogen) atoms. The summed E-state index contributed by atoms with van der Waals surface area (Å²) in [6.07, 6.45) is 6.24. The molecule has 1 saturated heterocycles. The first kappa shape index (κ1) is 12.1. The quantitative estimate of drug-likeness (QED) is 0.779. The van der Waals surface area contributed by atoms with Crippen LogP contribution in [0, 0.1) is 0 Å². The Balaban J connectivity index is 1.58. The predicted octanol–water partition coefficient (Wildman–Crippen LogP) is 1.85. The Morgan fingerprint density at radius 3 is 3.10 bits per heavy atom. The molecule has 106 valence electrons. The average molecular weight is 281 g/mol. The summed E-state index contributed by atoms with van der Waals surface area (Å²) in [5.41, 5.74) is 1.73. The molecule has 4 rings (SSSR count). The molecule has 1 amide bonds. The number of nitrogens with one attached hydrogen (secondary N) is 1. The number of nitrogens with zero attached hydrogens (tertiary/aromatic N) is 4. The Kier molecular flexibility index (Phi) is 2.73. The summed E-state index contributed by atoms with van der Waals surface area (Å²) in [6.45, 7) is 1.44. The van der Waals surface area contributed by atoms with Crippen LogP contribution in [0.15, 0.2) is 42.9 Å². The van der Waals surface area contributed by atoms with E-state index in [1.54, 1.807) is 12.4 Å². The molecule has 1 aliphatic heterocycles. The molecule has 0 radical (unpaired) electrons. The molecule has 1 aliphatic rings. The zero-order valence-electron chi connectivity index (χ0n) is 11.4. The molecule has 0 aliphatic carbocycles. The Hall–Kier alpha value is -2.63. The van der Waals surface area contributed by atoms with Gasteiger partial charge in [0.15, 0.2) is 0 Å². The molecular formula is C15H15N5O. The van der Waals surface area contributed by atoms with Gasteiger partial charge in [-0.05, 0) is 12.5 Å². The van der Waals surface area contributed by atoms with Crippen LogP contribution >= 0.6 is 0 Å². The number of carbonyl (C=O) groups is 1. The summed E-state index contributed by atoms with van der Waals surface area (Å²) in [7, 11) is 0. The molecule has 0 spiro atoms. The minimum Gasteiger partial charge on any atom is -0.360 e. The lowest BCUT2D eigenvalue weighted by atomic mass is 10.1. The van der Waals surface area contributed by atoms with Crippen molar-refractivity contribution in [2.75, 3.05) is 13.1 Å². The van der Waals surface area contributed by atoms with Gasteiger partial charge in [0.25, 0.3) is 5.91 Å². The van der Waals surface area contributed by atoms with Gasteiger partial charge in [0.05, 0.1) is 17.8 Å². The summed E-state index contributed by atoms with van der Waals surface area (Å²) < 4.78 is 1.84. The maximum absolute atomic E-state index is 12.7. The third-order valence-corrected chi connectivity index (χ3v) is 4.09. The normalized spacial score (nSPS) is 18.5. The first-order valence-corrected chi connectivity index (χ1v) is 7.04. The van der Waals surface area contributed by atoms with Crippen LogP contribution in [0.1, 0.15) is 22.8 Å². The fourth-order valence-electron chi connectivity index (χ4n) is 2.97. The number of aromatic nitrogens is 4. The van der Waals surface area contributed by atoms with E-state index in [9.17, 15) is 4.79 Å². The van der Waals surface area contributed by atoms with Crippen LogP contribution < -0.4 is 0 Å². The van der Waals surface area contributed by atoms with Gasteiger partial charge in [-0.3, -0.25) is 4.79 Å². The number of benzene rings is 1. The smallest absolute Gasteiger partial charge is 0.256 e. The zero-order chi connectivity index (χ0) is 14.2. The van der Waals surface area contributed by atoms with Crippen LogP contribution in [0.2, 0.25) is 0 Å². The number of H-pyrrole nitrogens is 1. The summed E-state index contributed by atoms with van der Waals surface area (Å²) in [6, 6.07) is 8.10. The Morgan fingerprint density at radius 1 is 1.33 bits per heavy atom. The monoisotopic (exact) mass is 281 g/mol. The highest BCUT2D eigenvalue weighted by atomic mass is 16.2. The lowest BCUT2D eigenvalue weighted by molar-refractivity contribution is 0.0789. The van der Waals surface area contributed by atoms with Gasteiger partial charge < -0.3 is 9.88 Å². The third-order valence-electron chi connectivity index (χ3n) is 4.09. The fourth-order valence-corrected chi connectivity index (χ4v) is 2.97. The Labute approximate surface area is 121 Å². The van der Waals surface area contributed by atoms with Crippen molar-refractivity contribution >= 4 is 16.8 Å². The molecule has 3 heterocycles. The third kappa shape index (κ3) is 1.99. The molecule has 3 aromatic rings. The second kappa shape index (κ2) is 4.73. The molecule has 2 aromatic heterocycles. The number of hydrogen-bond donors (Lipinski definition) is 1. The second-order valence-corrected chi connectivity index (χ2v) is 5.32. The highest BCUT2D eigenvalue weighted by Gasteiger charge is 2.29. The summed E-state index contributed by atoms with van der Waals surface area (Å²) in [4.78, 5) is 17.7. The van der Waals surface area contributed by atoms with Crippen molar-refractivity contribution in [3.8, 4) is 0 Å². The highest BCUT2D eigenvalue weighted by molar-refractivity contribution is 6.06. The summed E-state index contributed by atoms with van der Waals surface area (Å²) in [5.74, 6) is 0.0788. The van der Waals surface area contributed by atoms with Gasteiger partial charge in [-0.15, -0.1) is 5.10 Å². The van der Waals surface area contributed by atoms with Crippen molar-refractivity contribution in [1.29, 1.82) is 0 Å². The average Bonchev–Trinajstić information content (AvgIpc) is 3.25. The van der Waals surface area contributed by atoms with Gasteiger partial charge in [0.1, 0.15) is 0 Å². The molecule has 1 N–H and O–H groups in total. The Morgan fingerprint density at radius 2 is 2.24 bits per heavy atom. The van der Waals surface area contributed by atoms with E-state index in [0.29, 0.717) is 6.54 Å². The van der Waals surface area contributed by atoms with Crippen molar-refractivity contribution < 1.29 is 4.79 Å². The van der Waals surface area contributed by atoms with Gasteiger partial charge in [-0.25, -0.2) is 4.68 Å². The number of fused-ring (bicyclic) bond motifs is 1. The number of hydrogen-bond acceptors (Lipinski definition) is 3. The minimum atomic E-state index is 0.0788. The molecule has 6 heteroatoms. The van der Waals surface area contributed by atoms with Crippen molar-refractivity contribution in [3.63, 3.8) is 0 Å². The summed E-state index contributed by atoms with van der Waals surface area (Å²) >= 11 is 0. The number of para-hydroxylation sites is 1. The van der Waals surface area contributed by atoms with Crippen LogP contribution in [0.25, 0.3) is 10.9 Å². The number of aromatic amines is 1. The van der Waals surface area contributed by atoms with E-state index in [-0.39, 0.29) is 11.9 Å². The number of carbonyl (C=O) groups excluding carboxylic acids is 1. The van der Waals surface area contributed by atoms with Gasteiger partial charge in [0.2, 0.25) is 0 Å². The molecule has 0 bridgehead atoms. The molecule has 0 saturated carbocycles. The lowest BCUT2D eigenvalue weighted by Crippen LogP contribution is -2.29. The van der Waals surface area contributed by atoms with Crippen LogP contribution in [-0.4, -0.2) is 43.9 Å². The van der Waals surface area contributed by atoms with E-state index in [2.05, 4.69) is 15.3 Å². The zero-order valence-corrected chi connectivity index (χ0v) is 11.4. The molecule has 1 atom stereocenters. The molecule has 1 aromatic carbocycles. The Bertz CT molecular complexity index is 776. The maximum Gasteiger partial charge on any atom is 0.256 e. The van der Waals surface area contributed by atoms with E-state index in [1.807, 2.05) is 40.0 Å². The van der Waals surface area contributed by atoms with Crippen molar-refractivity contribution in [1.82, 2.24) is 24.9 Å². The van der Waals surface area contributed by atoms with E-state index in [0.717, 1.165) is 29.4 Å². The van der Waals surface area contributed by atoms with E-state index in [4.69, 9.17) is 0 Å². The van der Waals surface area contributed by atoms with Crippen molar-refractivity contribution in [2.24, 2.45) is 0 Å². The van der Waals surface area contributed by atoms with Gasteiger partial charge >= 0.3 is 0 Å². The first-order valence-electron chi connectivity index (χ1n) is 7.04. The lowest BCUT2D eigenvalue weighted by Gasteiger charge is -2.16. The van der Waals surface area contributed by atoms with E-state index in [1.165, 1.54) is 0 Å². The largest absolute Gasteiger partial charge is 0.360 e. The van der Waals surface area contributed by atoms with Gasteiger partial charge in [0, 0.05) is 36.4 Å². The van der Waals surface area contributed by atoms with E-state index < -0.39 is 0 Å². The standard InChI is InChI=1S/C15H15N5O/c21-15(13-9-16-14-4-2-1-3-12(13)14)19-7-5-11(10-19)20-8-6-17-18-20/h1-4,6,8-9,11,16H,5,7,10H2. The SMILES string of the molecule is O=C(c1c[nH]c2ccccc12)N1CCC(n2ccnn2)C1. The fraction of sp³-hybridized carbons (Fsp3) is 0.267. The van der Waals surface area contributed by atoms with Gasteiger partial charge in [-0.2, -0.15) is 0 Å². The second-order valence-electron chi connectivity index (χ2n) is 5.32. The molecule has 1 unspecified atom stereocenters.